The standard InChI is InChI=1S/C15H17ClFN/c1-11-3-2-6-15(8-11,10-18)9-12-4-5-14(17)13(16)7-12/h4-5,7,11H,2-3,6,8-9H2,1H3. The maximum atomic E-state index is 13.1. The Bertz CT molecular complexity index is 480. The fourth-order valence-corrected chi connectivity index (χ4v) is 3.21. The van der Waals surface area contributed by atoms with E-state index < -0.39 is 5.82 Å². The van der Waals surface area contributed by atoms with Gasteiger partial charge in [-0.1, -0.05) is 37.4 Å². The van der Waals surface area contributed by atoms with Crippen LogP contribution in [0.2, 0.25) is 5.02 Å². The zero-order chi connectivity index (χ0) is 13.2. The van der Waals surface area contributed by atoms with Crippen LogP contribution in [0.25, 0.3) is 0 Å². The number of nitrogens with zero attached hydrogens (tertiary/aromatic N) is 1. The summed E-state index contributed by atoms with van der Waals surface area (Å²) in [7, 11) is 0. The molecule has 2 rings (SSSR count). The quantitative estimate of drug-likeness (QED) is 0.758. The van der Waals surface area contributed by atoms with Crippen molar-refractivity contribution >= 4 is 11.6 Å². The molecule has 0 spiro atoms. The number of hydrogen-bond donors (Lipinski definition) is 0. The van der Waals surface area contributed by atoms with Gasteiger partial charge in [0.2, 0.25) is 0 Å². The molecule has 1 aliphatic rings. The molecule has 0 bridgehead atoms. The lowest BCUT2D eigenvalue weighted by Crippen LogP contribution is -2.28. The molecule has 0 heterocycles. The second kappa shape index (κ2) is 5.28. The Morgan fingerprint density at radius 2 is 2.33 bits per heavy atom. The maximum Gasteiger partial charge on any atom is 0.141 e. The van der Waals surface area contributed by atoms with Crippen molar-refractivity contribution < 1.29 is 4.39 Å². The molecule has 96 valence electrons. The van der Waals surface area contributed by atoms with E-state index in [1.807, 2.05) is 0 Å². The molecule has 1 saturated carbocycles. The maximum absolute atomic E-state index is 13.1. The first-order chi connectivity index (χ1) is 8.54. The van der Waals surface area contributed by atoms with Crippen LogP contribution in [0.1, 0.15) is 38.2 Å². The number of halogens is 2. The highest BCUT2D eigenvalue weighted by Crippen LogP contribution is 2.41. The number of nitriles is 1. The van der Waals surface area contributed by atoms with Gasteiger partial charge in [-0.3, -0.25) is 0 Å². The molecule has 0 aliphatic heterocycles. The zero-order valence-electron chi connectivity index (χ0n) is 10.5. The first-order valence-electron chi connectivity index (χ1n) is 6.40. The van der Waals surface area contributed by atoms with Crippen LogP contribution in [-0.4, -0.2) is 0 Å². The third-order valence-corrected chi connectivity index (χ3v) is 4.14. The minimum atomic E-state index is -0.400. The molecule has 0 saturated heterocycles. The van der Waals surface area contributed by atoms with Gasteiger partial charge >= 0.3 is 0 Å². The van der Waals surface area contributed by atoms with Crippen molar-refractivity contribution in [3.8, 4) is 6.07 Å². The molecule has 0 radical (unpaired) electrons. The predicted octanol–water partition coefficient (Wildman–Crippen LogP) is 4.74. The van der Waals surface area contributed by atoms with Crippen LogP contribution in [0, 0.1) is 28.5 Å². The topological polar surface area (TPSA) is 23.8 Å². The average Bonchev–Trinajstić information content (AvgIpc) is 2.34. The van der Waals surface area contributed by atoms with Crippen molar-refractivity contribution in [3.63, 3.8) is 0 Å². The number of rotatable bonds is 2. The van der Waals surface area contributed by atoms with E-state index in [4.69, 9.17) is 11.6 Å². The zero-order valence-corrected chi connectivity index (χ0v) is 11.3. The molecule has 2 unspecified atom stereocenters. The summed E-state index contributed by atoms with van der Waals surface area (Å²) >= 11 is 5.79. The minimum Gasteiger partial charge on any atom is -0.205 e. The molecule has 1 aliphatic carbocycles. The molecule has 0 N–H and O–H groups in total. The van der Waals surface area contributed by atoms with Gasteiger partial charge in [0.1, 0.15) is 5.82 Å². The fraction of sp³-hybridized carbons (Fsp3) is 0.533. The van der Waals surface area contributed by atoms with Gasteiger partial charge in [0.05, 0.1) is 16.5 Å². The van der Waals surface area contributed by atoms with E-state index in [0.29, 0.717) is 12.3 Å². The Morgan fingerprint density at radius 3 is 2.94 bits per heavy atom. The first kappa shape index (κ1) is 13.4. The Balaban J connectivity index is 2.20. The lowest BCUT2D eigenvalue weighted by atomic mass is 9.68. The van der Waals surface area contributed by atoms with Crippen LogP contribution in [0.5, 0.6) is 0 Å². The lowest BCUT2D eigenvalue weighted by Gasteiger charge is -2.34. The molecular formula is C15H17ClFN. The third-order valence-electron chi connectivity index (χ3n) is 3.86. The van der Waals surface area contributed by atoms with Gasteiger partial charge in [-0.25, -0.2) is 4.39 Å². The van der Waals surface area contributed by atoms with Crippen LogP contribution >= 0.6 is 11.6 Å². The molecule has 1 nitrogen and oxygen atoms in total. The summed E-state index contributed by atoms with van der Waals surface area (Å²) in [4.78, 5) is 0. The largest absolute Gasteiger partial charge is 0.205 e. The molecule has 2 atom stereocenters. The summed E-state index contributed by atoms with van der Waals surface area (Å²) in [5.41, 5.74) is 0.663. The number of hydrogen-bond acceptors (Lipinski definition) is 1. The molecule has 3 heteroatoms. The second-order valence-electron chi connectivity index (χ2n) is 5.52. The van der Waals surface area contributed by atoms with E-state index in [2.05, 4.69) is 13.0 Å². The van der Waals surface area contributed by atoms with E-state index in [-0.39, 0.29) is 10.4 Å². The van der Waals surface area contributed by atoms with Gasteiger partial charge < -0.3 is 0 Å². The molecule has 1 aromatic rings. The highest BCUT2D eigenvalue weighted by atomic mass is 35.5. The van der Waals surface area contributed by atoms with Crippen LogP contribution < -0.4 is 0 Å². The van der Waals surface area contributed by atoms with Crippen LogP contribution in [0.3, 0.4) is 0 Å². The van der Waals surface area contributed by atoms with Crippen LogP contribution in [0.4, 0.5) is 4.39 Å². The van der Waals surface area contributed by atoms with Crippen LogP contribution in [0.15, 0.2) is 18.2 Å². The van der Waals surface area contributed by atoms with Crippen molar-refractivity contribution in [3.05, 3.63) is 34.6 Å². The van der Waals surface area contributed by atoms with Crippen molar-refractivity contribution in [2.45, 2.75) is 39.0 Å². The lowest BCUT2D eigenvalue weighted by molar-refractivity contribution is 0.209. The van der Waals surface area contributed by atoms with Gasteiger partial charge in [0.25, 0.3) is 0 Å². The average molecular weight is 266 g/mol. The van der Waals surface area contributed by atoms with Gasteiger partial charge in [0.15, 0.2) is 0 Å². The predicted molar refractivity (Wildman–Crippen MR) is 70.8 cm³/mol. The Labute approximate surface area is 113 Å². The highest BCUT2D eigenvalue weighted by molar-refractivity contribution is 6.30. The monoisotopic (exact) mass is 265 g/mol. The van der Waals surface area contributed by atoms with Crippen LogP contribution in [-0.2, 0) is 6.42 Å². The third kappa shape index (κ3) is 2.84. The molecule has 18 heavy (non-hydrogen) atoms. The normalized spacial score (nSPS) is 27.8. The van der Waals surface area contributed by atoms with Gasteiger partial charge in [-0.2, -0.15) is 5.26 Å². The second-order valence-corrected chi connectivity index (χ2v) is 5.93. The molecular weight excluding hydrogens is 249 g/mol. The SMILES string of the molecule is CC1CCCC(C#N)(Cc2ccc(F)c(Cl)c2)C1. The van der Waals surface area contributed by atoms with Crippen molar-refractivity contribution in [1.29, 1.82) is 5.26 Å². The van der Waals surface area contributed by atoms with E-state index >= 15 is 0 Å². The summed E-state index contributed by atoms with van der Waals surface area (Å²) in [5, 5.41) is 9.63. The van der Waals surface area contributed by atoms with E-state index in [1.165, 1.54) is 12.5 Å². The van der Waals surface area contributed by atoms with E-state index in [9.17, 15) is 9.65 Å². The van der Waals surface area contributed by atoms with E-state index in [1.54, 1.807) is 12.1 Å². The van der Waals surface area contributed by atoms with Crippen molar-refractivity contribution in [2.75, 3.05) is 0 Å². The molecule has 0 aromatic heterocycles. The Morgan fingerprint density at radius 1 is 1.56 bits per heavy atom. The van der Waals surface area contributed by atoms with Gasteiger partial charge in [-0.05, 0) is 42.9 Å². The number of benzene rings is 1. The first-order valence-corrected chi connectivity index (χ1v) is 6.78. The fourth-order valence-electron chi connectivity index (χ4n) is 3.00. The van der Waals surface area contributed by atoms with Gasteiger partial charge in [-0.15, -0.1) is 0 Å². The molecule has 1 aromatic carbocycles. The van der Waals surface area contributed by atoms with E-state index in [0.717, 1.165) is 24.8 Å². The Hall–Kier alpha value is -1.07. The summed E-state index contributed by atoms with van der Waals surface area (Å²) in [6.45, 7) is 2.20. The summed E-state index contributed by atoms with van der Waals surface area (Å²) in [6, 6.07) is 7.26. The summed E-state index contributed by atoms with van der Waals surface area (Å²) < 4.78 is 13.1. The summed E-state index contributed by atoms with van der Waals surface area (Å²) in [5.74, 6) is 0.192. The van der Waals surface area contributed by atoms with Gasteiger partial charge in [0, 0.05) is 0 Å². The van der Waals surface area contributed by atoms with Crippen molar-refractivity contribution in [1.82, 2.24) is 0 Å². The summed E-state index contributed by atoms with van der Waals surface area (Å²) in [6.07, 6.45) is 4.84. The van der Waals surface area contributed by atoms with Crippen molar-refractivity contribution in [2.24, 2.45) is 11.3 Å². The minimum absolute atomic E-state index is 0.143. The molecule has 0 amide bonds. The Kier molecular flexibility index (Phi) is 3.92. The highest BCUT2D eigenvalue weighted by Gasteiger charge is 2.35. The smallest absolute Gasteiger partial charge is 0.141 e. The molecule has 1 fully saturated rings.